The van der Waals surface area contributed by atoms with Gasteiger partial charge in [-0.05, 0) is 0 Å². The fraction of sp³-hybridized carbons (Fsp3) is 0.250. The predicted octanol–water partition coefficient (Wildman–Crippen LogP) is -0.909. The van der Waals surface area contributed by atoms with Gasteiger partial charge in [0.1, 0.15) is 5.70 Å². The van der Waals surface area contributed by atoms with Crippen LogP contribution < -0.4 is 11.1 Å². The van der Waals surface area contributed by atoms with Gasteiger partial charge in [-0.3, -0.25) is 0 Å². The Kier molecular flexibility index (Phi) is 2.47. The topological polar surface area (TPSA) is 75.3 Å². The van der Waals surface area contributed by atoms with E-state index in [0.29, 0.717) is 0 Å². The van der Waals surface area contributed by atoms with E-state index in [1.165, 1.54) is 6.20 Å². The van der Waals surface area contributed by atoms with Crippen molar-refractivity contribution in [3.05, 3.63) is 11.9 Å². The van der Waals surface area contributed by atoms with E-state index in [9.17, 15) is 4.79 Å². The molecule has 0 aromatic heterocycles. The first-order chi connectivity index (χ1) is 3.68. The molecule has 0 saturated carbocycles. The fourth-order valence-corrected chi connectivity index (χ4v) is 0.217. The molecule has 46 valence electrons. The maximum absolute atomic E-state index is 9.86. The smallest absolute Gasteiger partial charge is 0.353 e. The summed E-state index contributed by atoms with van der Waals surface area (Å²) in [5.41, 5.74) is 4.74. The molecular weight excluding hydrogens is 108 g/mol. The van der Waals surface area contributed by atoms with Crippen molar-refractivity contribution in [1.82, 2.24) is 5.32 Å². The molecule has 0 heterocycles. The van der Waals surface area contributed by atoms with E-state index in [4.69, 9.17) is 10.8 Å². The summed E-state index contributed by atoms with van der Waals surface area (Å²) in [6.07, 6.45) is 1.21. The maximum Gasteiger partial charge on any atom is 0.353 e. The molecule has 0 aliphatic heterocycles. The minimum Gasteiger partial charge on any atom is -0.477 e. The molecule has 0 saturated heterocycles. The number of nitrogens with two attached hydrogens (primary N) is 1. The van der Waals surface area contributed by atoms with E-state index >= 15 is 0 Å². The van der Waals surface area contributed by atoms with Crippen molar-refractivity contribution >= 4 is 5.97 Å². The average molecular weight is 116 g/mol. The van der Waals surface area contributed by atoms with Crippen LogP contribution in [0.15, 0.2) is 11.9 Å². The molecule has 0 aliphatic rings. The molecule has 0 spiro atoms. The second-order valence-electron chi connectivity index (χ2n) is 1.19. The van der Waals surface area contributed by atoms with Crippen molar-refractivity contribution in [2.24, 2.45) is 5.73 Å². The van der Waals surface area contributed by atoms with E-state index in [0.717, 1.165) is 0 Å². The Hall–Kier alpha value is -1.19. The highest BCUT2D eigenvalue weighted by Gasteiger charge is 1.96. The number of carboxylic acid groups (broad SMARTS) is 1. The van der Waals surface area contributed by atoms with Crippen LogP contribution in [0.1, 0.15) is 0 Å². The molecule has 0 atom stereocenters. The molecule has 0 unspecified atom stereocenters. The summed E-state index contributed by atoms with van der Waals surface area (Å²) in [5, 5.41) is 10.6. The number of nitrogens with one attached hydrogen (secondary N) is 1. The number of carbonyl (C=O) groups is 1. The highest BCUT2D eigenvalue weighted by Crippen LogP contribution is 1.76. The molecule has 0 aromatic rings. The summed E-state index contributed by atoms with van der Waals surface area (Å²) < 4.78 is 0. The molecule has 0 fully saturated rings. The molecule has 4 N–H and O–H groups in total. The Bertz CT molecular complexity index is 119. The Balaban J connectivity index is 3.80. The summed E-state index contributed by atoms with van der Waals surface area (Å²) >= 11 is 0. The normalized spacial score (nSPS) is 10.9. The lowest BCUT2D eigenvalue weighted by molar-refractivity contribution is -0.132. The molecular formula is C4H8N2O2. The molecule has 0 radical (unpaired) electrons. The summed E-state index contributed by atoms with van der Waals surface area (Å²) in [6.45, 7) is 0. The third kappa shape index (κ3) is 2.07. The van der Waals surface area contributed by atoms with Gasteiger partial charge in [-0.1, -0.05) is 0 Å². The summed E-state index contributed by atoms with van der Waals surface area (Å²) in [4.78, 5) is 9.86. The van der Waals surface area contributed by atoms with Gasteiger partial charge in [0.25, 0.3) is 0 Å². The SMILES string of the molecule is CN/C=C(\N)C(=O)O. The van der Waals surface area contributed by atoms with Crippen molar-refractivity contribution < 1.29 is 9.90 Å². The van der Waals surface area contributed by atoms with Gasteiger partial charge in [0, 0.05) is 13.2 Å². The predicted molar refractivity (Wildman–Crippen MR) is 29.0 cm³/mol. The summed E-state index contributed by atoms with van der Waals surface area (Å²) in [7, 11) is 1.58. The largest absolute Gasteiger partial charge is 0.477 e. The second-order valence-corrected chi connectivity index (χ2v) is 1.19. The third-order valence-corrected chi connectivity index (χ3v) is 0.547. The molecule has 0 rings (SSSR count). The molecule has 0 bridgehead atoms. The van der Waals surface area contributed by atoms with Gasteiger partial charge in [-0.15, -0.1) is 0 Å². The Morgan fingerprint density at radius 3 is 2.50 bits per heavy atom. The van der Waals surface area contributed by atoms with Crippen LogP contribution in [0.4, 0.5) is 0 Å². The van der Waals surface area contributed by atoms with E-state index < -0.39 is 5.97 Å². The third-order valence-electron chi connectivity index (χ3n) is 0.547. The minimum absolute atomic E-state index is 0.187. The lowest BCUT2D eigenvalue weighted by Crippen LogP contribution is -2.13. The minimum atomic E-state index is -1.11. The van der Waals surface area contributed by atoms with Gasteiger partial charge in [-0.2, -0.15) is 0 Å². The fourth-order valence-electron chi connectivity index (χ4n) is 0.217. The number of carboxylic acids is 1. The van der Waals surface area contributed by atoms with E-state index in [-0.39, 0.29) is 5.70 Å². The van der Waals surface area contributed by atoms with Crippen molar-refractivity contribution in [2.75, 3.05) is 7.05 Å². The maximum atomic E-state index is 9.86. The van der Waals surface area contributed by atoms with Crippen LogP contribution >= 0.6 is 0 Å². The second kappa shape index (κ2) is 2.90. The quantitative estimate of drug-likeness (QED) is 0.408. The first-order valence-corrected chi connectivity index (χ1v) is 2.04. The Morgan fingerprint density at radius 2 is 2.38 bits per heavy atom. The Labute approximate surface area is 47.0 Å². The molecule has 0 aliphatic carbocycles. The first-order valence-electron chi connectivity index (χ1n) is 2.04. The molecule has 8 heavy (non-hydrogen) atoms. The van der Waals surface area contributed by atoms with Crippen molar-refractivity contribution in [3.63, 3.8) is 0 Å². The number of hydrogen-bond donors (Lipinski definition) is 3. The number of rotatable bonds is 2. The van der Waals surface area contributed by atoms with E-state index in [1.807, 2.05) is 0 Å². The summed E-state index contributed by atoms with van der Waals surface area (Å²) in [6, 6.07) is 0. The lowest BCUT2D eigenvalue weighted by atomic mass is 10.5. The van der Waals surface area contributed by atoms with Crippen molar-refractivity contribution in [2.45, 2.75) is 0 Å². The van der Waals surface area contributed by atoms with Crippen molar-refractivity contribution in [1.29, 1.82) is 0 Å². The van der Waals surface area contributed by atoms with E-state index in [2.05, 4.69) is 5.32 Å². The van der Waals surface area contributed by atoms with Crippen LogP contribution in [0, 0.1) is 0 Å². The van der Waals surface area contributed by atoms with Gasteiger partial charge in [0.05, 0.1) is 0 Å². The summed E-state index contributed by atoms with van der Waals surface area (Å²) in [5.74, 6) is -1.11. The van der Waals surface area contributed by atoms with Crippen LogP contribution in [0.25, 0.3) is 0 Å². The zero-order valence-electron chi connectivity index (χ0n) is 4.51. The van der Waals surface area contributed by atoms with Gasteiger partial charge in [0.2, 0.25) is 0 Å². The van der Waals surface area contributed by atoms with Gasteiger partial charge in [0.15, 0.2) is 0 Å². The van der Waals surface area contributed by atoms with Crippen LogP contribution in [-0.4, -0.2) is 18.1 Å². The highest BCUT2D eigenvalue weighted by molar-refractivity contribution is 5.85. The van der Waals surface area contributed by atoms with Gasteiger partial charge in [-0.25, -0.2) is 4.79 Å². The standard InChI is InChI=1S/C4H8N2O2/c1-6-2-3(5)4(7)8/h2,6H,5H2,1H3,(H,7,8)/b3-2-. The molecule has 4 nitrogen and oxygen atoms in total. The average Bonchev–Trinajstić information content (AvgIpc) is 1.67. The number of aliphatic carboxylic acids is 1. The first kappa shape index (κ1) is 6.81. The zero-order valence-corrected chi connectivity index (χ0v) is 4.51. The molecule has 0 amide bonds. The van der Waals surface area contributed by atoms with Crippen LogP contribution in [0.3, 0.4) is 0 Å². The monoisotopic (exact) mass is 116 g/mol. The van der Waals surface area contributed by atoms with Crippen LogP contribution in [0.2, 0.25) is 0 Å². The Morgan fingerprint density at radius 1 is 1.88 bits per heavy atom. The van der Waals surface area contributed by atoms with Crippen LogP contribution in [0.5, 0.6) is 0 Å². The molecule has 0 aromatic carbocycles. The highest BCUT2D eigenvalue weighted by atomic mass is 16.4. The zero-order chi connectivity index (χ0) is 6.57. The van der Waals surface area contributed by atoms with Gasteiger partial charge >= 0.3 is 5.97 Å². The lowest BCUT2D eigenvalue weighted by Gasteiger charge is -1.89. The molecule has 4 heteroatoms. The number of hydrogen-bond acceptors (Lipinski definition) is 3. The van der Waals surface area contributed by atoms with Crippen LogP contribution in [-0.2, 0) is 4.79 Å². The van der Waals surface area contributed by atoms with Gasteiger partial charge < -0.3 is 16.2 Å². The van der Waals surface area contributed by atoms with Crippen molar-refractivity contribution in [3.8, 4) is 0 Å². The van der Waals surface area contributed by atoms with E-state index in [1.54, 1.807) is 7.05 Å².